The van der Waals surface area contributed by atoms with E-state index in [1.165, 1.54) is 18.2 Å². The van der Waals surface area contributed by atoms with Crippen molar-refractivity contribution in [1.82, 2.24) is 14.1 Å². The highest BCUT2D eigenvalue weighted by atomic mass is 32.2. The van der Waals surface area contributed by atoms with Crippen molar-refractivity contribution in [3.8, 4) is 5.75 Å². The lowest BCUT2D eigenvalue weighted by molar-refractivity contribution is -0.148. The Morgan fingerprint density at radius 2 is 1.76 bits per heavy atom. The molecule has 2 aliphatic heterocycles. The van der Waals surface area contributed by atoms with Crippen LogP contribution in [0.1, 0.15) is 31.4 Å². The van der Waals surface area contributed by atoms with E-state index in [-0.39, 0.29) is 37.2 Å². The van der Waals surface area contributed by atoms with Crippen LogP contribution in [-0.2, 0) is 32.2 Å². The number of hydrogen-bond donors (Lipinski definition) is 0. The molecule has 4 rings (SSSR count). The number of methoxy groups -OCH3 is 1. The number of nitrogens with zero attached hydrogens (tertiary/aromatic N) is 3. The summed E-state index contributed by atoms with van der Waals surface area (Å²) in [5.41, 5.74) is -0.387. The molecule has 198 valence electrons. The Labute approximate surface area is 213 Å². The van der Waals surface area contributed by atoms with Crippen molar-refractivity contribution in [1.29, 1.82) is 0 Å². The molecule has 12 heteroatoms. The molecule has 1 fully saturated rings. The summed E-state index contributed by atoms with van der Waals surface area (Å²) in [6.45, 7) is 3.21. The number of hydrogen-bond acceptors (Lipinski definition) is 5. The molecule has 0 aromatic heterocycles. The van der Waals surface area contributed by atoms with Crippen LogP contribution >= 0.6 is 0 Å². The minimum absolute atomic E-state index is 0.0690. The number of alkyl halides is 3. The van der Waals surface area contributed by atoms with Crippen molar-refractivity contribution in [3.05, 3.63) is 71.7 Å². The molecule has 0 radical (unpaired) electrons. The maximum atomic E-state index is 13.6. The van der Waals surface area contributed by atoms with E-state index in [2.05, 4.69) is 0 Å². The molecule has 2 amide bonds. The van der Waals surface area contributed by atoms with Gasteiger partial charge in [-0.15, -0.1) is 0 Å². The van der Waals surface area contributed by atoms with Gasteiger partial charge in [0.15, 0.2) is 0 Å². The maximum Gasteiger partial charge on any atom is 0.416 e. The first-order chi connectivity index (χ1) is 17.3. The number of rotatable bonds is 6. The van der Waals surface area contributed by atoms with Crippen LogP contribution in [0.25, 0.3) is 0 Å². The van der Waals surface area contributed by atoms with Crippen LogP contribution in [0, 0.1) is 0 Å². The summed E-state index contributed by atoms with van der Waals surface area (Å²) < 4.78 is 73.1. The average Bonchev–Trinajstić information content (AvgIpc) is 2.85. The van der Waals surface area contributed by atoms with Gasteiger partial charge in [-0.2, -0.15) is 13.2 Å². The number of benzene rings is 2. The van der Waals surface area contributed by atoms with E-state index in [9.17, 15) is 31.2 Å². The first kappa shape index (κ1) is 26.5. The highest BCUT2D eigenvalue weighted by Gasteiger charge is 2.47. The number of carbonyl (C=O) groups is 2. The van der Waals surface area contributed by atoms with E-state index in [4.69, 9.17) is 4.74 Å². The third-order valence-electron chi connectivity index (χ3n) is 6.30. The summed E-state index contributed by atoms with van der Waals surface area (Å²) in [5.74, 6) is -0.297. The van der Waals surface area contributed by atoms with Gasteiger partial charge >= 0.3 is 6.18 Å². The van der Waals surface area contributed by atoms with Gasteiger partial charge in [0.25, 0.3) is 10.0 Å². The number of ether oxygens (including phenoxy) is 1. The Morgan fingerprint density at radius 3 is 2.35 bits per heavy atom. The number of carbonyl (C=O) groups excluding carboxylic acids is 2. The topological polar surface area (TPSA) is 87.2 Å². The lowest BCUT2D eigenvalue weighted by Gasteiger charge is -2.46. The fraction of sp³-hybridized carbons (Fsp3) is 0.360. The second kappa shape index (κ2) is 9.73. The van der Waals surface area contributed by atoms with Crippen molar-refractivity contribution in [2.75, 3.05) is 13.7 Å². The smallest absolute Gasteiger partial charge is 0.416 e. The van der Waals surface area contributed by atoms with Gasteiger partial charge in [0.05, 0.1) is 17.6 Å². The standard InChI is InChI=1S/C25H26F3N3O5S/c1-16(2)29-15-22-30(37(34,35)20-6-4-5-18(14-20)25(26,27)28)12-11-23(32)31(22)21(24(29)33)13-17-7-9-19(36-3)10-8-17/h4-10,14-16,21H,11-13H2,1-3H3. The van der Waals surface area contributed by atoms with E-state index < -0.39 is 38.6 Å². The summed E-state index contributed by atoms with van der Waals surface area (Å²) in [5, 5.41) is 0. The molecule has 0 N–H and O–H groups in total. The Morgan fingerprint density at radius 1 is 1.08 bits per heavy atom. The van der Waals surface area contributed by atoms with Crippen molar-refractivity contribution >= 4 is 21.8 Å². The third kappa shape index (κ3) is 5.02. The Hall–Kier alpha value is -3.54. The van der Waals surface area contributed by atoms with Crippen molar-refractivity contribution < 1.29 is 35.9 Å². The molecule has 0 bridgehead atoms. The highest BCUT2D eigenvalue weighted by Crippen LogP contribution is 2.36. The lowest BCUT2D eigenvalue weighted by atomic mass is 9.99. The molecule has 37 heavy (non-hydrogen) atoms. The monoisotopic (exact) mass is 537 g/mol. The molecule has 0 spiro atoms. The predicted molar refractivity (Wildman–Crippen MR) is 127 cm³/mol. The maximum absolute atomic E-state index is 13.6. The number of fused-ring (bicyclic) bond motifs is 1. The molecule has 2 aliphatic rings. The van der Waals surface area contributed by atoms with Gasteiger partial charge < -0.3 is 9.64 Å². The molecule has 0 saturated carbocycles. The summed E-state index contributed by atoms with van der Waals surface area (Å²) in [6, 6.07) is 8.96. The molecule has 1 saturated heterocycles. The molecule has 0 aliphatic carbocycles. The lowest BCUT2D eigenvalue weighted by Crippen LogP contribution is -2.61. The first-order valence-corrected chi connectivity index (χ1v) is 13.0. The largest absolute Gasteiger partial charge is 0.497 e. The van der Waals surface area contributed by atoms with E-state index in [1.54, 1.807) is 38.1 Å². The molecular formula is C25H26F3N3O5S. The van der Waals surface area contributed by atoms with Gasteiger partial charge in [-0.1, -0.05) is 18.2 Å². The van der Waals surface area contributed by atoms with Crippen molar-refractivity contribution in [2.24, 2.45) is 0 Å². The van der Waals surface area contributed by atoms with Gasteiger partial charge in [0, 0.05) is 31.6 Å². The van der Waals surface area contributed by atoms with E-state index in [0.29, 0.717) is 11.8 Å². The molecule has 1 atom stereocenters. The van der Waals surface area contributed by atoms with E-state index >= 15 is 0 Å². The predicted octanol–water partition coefficient (Wildman–Crippen LogP) is 3.60. The van der Waals surface area contributed by atoms with Gasteiger partial charge in [-0.25, -0.2) is 12.7 Å². The fourth-order valence-corrected chi connectivity index (χ4v) is 5.88. The molecule has 2 heterocycles. The van der Waals surface area contributed by atoms with Crippen LogP contribution in [0.3, 0.4) is 0 Å². The van der Waals surface area contributed by atoms with Crippen LogP contribution < -0.4 is 4.74 Å². The quantitative estimate of drug-likeness (QED) is 0.562. The average molecular weight is 538 g/mol. The van der Waals surface area contributed by atoms with Crippen molar-refractivity contribution in [3.63, 3.8) is 0 Å². The van der Waals surface area contributed by atoms with Gasteiger partial charge in [0.1, 0.15) is 17.6 Å². The molecule has 2 aromatic carbocycles. The zero-order chi connectivity index (χ0) is 27.1. The minimum atomic E-state index is -4.73. The van der Waals surface area contributed by atoms with Crippen molar-refractivity contribution in [2.45, 2.75) is 49.8 Å². The second-order valence-electron chi connectivity index (χ2n) is 9.01. The zero-order valence-corrected chi connectivity index (χ0v) is 21.2. The van der Waals surface area contributed by atoms with Gasteiger partial charge in [-0.3, -0.25) is 14.5 Å². The minimum Gasteiger partial charge on any atom is -0.497 e. The van der Waals surface area contributed by atoms with E-state index in [1.807, 2.05) is 0 Å². The van der Waals surface area contributed by atoms with Crippen LogP contribution in [0.4, 0.5) is 13.2 Å². The molecule has 8 nitrogen and oxygen atoms in total. The fourth-order valence-electron chi connectivity index (χ4n) is 4.38. The molecular weight excluding hydrogens is 511 g/mol. The highest BCUT2D eigenvalue weighted by molar-refractivity contribution is 7.89. The summed E-state index contributed by atoms with van der Waals surface area (Å²) in [7, 11) is -2.98. The summed E-state index contributed by atoms with van der Waals surface area (Å²) in [6.07, 6.45) is -3.57. The van der Waals surface area contributed by atoms with Gasteiger partial charge in [-0.05, 0) is 49.7 Å². The Balaban J connectivity index is 1.78. The van der Waals surface area contributed by atoms with Crippen LogP contribution in [0.5, 0.6) is 5.75 Å². The molecule has 2 aromatic rings. The normalized spacial score (nSPS) is 18.7. The second-order valence-corrected chi connectivity index (χ2v) is 10.9. The van der Waals surface area contributed by atoms with Gasteiger partial charge in [0.2, 0.25) is 11.8 Å². The van der Waals surface area contributed by atoms with Crippen LogP contribution in [0.15, 0.2) is 65.4 Å². The molecule has 1 unspecified atom stereocenters. The Kier molecular flexibility index (Phi) is 6.97. The third-order valence-corrected chi connectivity index (χ3v) is 8.10. The summed E-state index contributed by atoms with van der Waals surface area (Å²) in [4.78, 5) is 28.5. The first-order valence-electron chi connectivity index (χ1n) is 11.5. The van der Waals surface area contributed by atoms with Crippen LogP contribution in [-0.4, -0.2) is 60.1 Å². The zero-order valence-electron chi connectivity index (χ0n) is 20.4. The number of sulfonamides is 1. The number of amides is 2. The van der Waals surface area contributed by atoms with E-state index in [0.717, 1.165) is 33.0 Å². The Bertz CT molecular complexity index is 1340. The number of halogens is 3. The van der Waals surface area contributed by atoms with Crippen LogP contribution in [0.2, 0.25) is 0 Å². The summed E-state index contributed by atoms with van der Waals surface area (Å²) >= 11 is 0. The SMILES string of the molecule is COc1ccc(CC2C(=O)N(C(C)C)C=C3N2C(=O)CCN3S(=O)(=O)c2cccc(C(F)(F)F)c2)cc1.